The van der Waals surface area contributed by atoms with E-state index < -0.39 is 5.97 Å². The smallest absolute Gasteiger partial charge is 0.337 e. The Bertz CT molecular complexity index is 675. The summed E-state index contributed by atoms with van der Waals surface area (Å²) in [4.78, 5) is 15.6. The molecule has 1 fully saturated rings. The van der Waals surface area contributed by atoms with Crippen LogP contribution in [0.4, 0.5) is 5.82 Å². The molecule has 2 N–H and O–H groups in total. The van der Waals surface area contributed by atoms with Crippen LogP contribution in [0.2, 0.25) is 0 Å². The summed E-state index contributed by atoms with van der Waals surface area (Å²) in [5, 5.41) is 14.3. The van der Waals surface area contributed by atoms with Gasteiger partial charge in [0.25, 0.3) is 0 Å². The molecule has 4 heteroatoms. The fourth-order valence-electron chi connectivity index (χ4n) is 2.67. The summed E-state index contributed by atoms with van der Waals surface area (Å²) < 4.78 is 0. The Kier molecular flexibility index (Phi) is 2.89. The number of hydrogen-bond acceptors (Lipinski definition) is 3. The van der Waals surface area contributed by atoms with Gasteiger partial charge in [-0.3, -0.25) is 0 Å². The zero-order valence-electron chi connectivity index (χ0n) is 11.7. The number of aromatic carboxylic acids is 1. The summed E-state index contributed by atoms with van der Waals surface area (Å²) >= 11 is 0. The number of nitrogens with one attached hydrogen (secondary N) is 1. The maximum Gasteiger partial charge on any atom is 0.337 e. The topological polar surface area (TPSA) is 62.2 Å². The van der Waals surface area contributed by atoms with Gasteiger partial charge in [-0.1, -0.05) is 24.3 Å². The summed E-state index contributed by atoms with van der Waals surface area (Å²) in [7, 11) is 0. The van der Waals surface area contributed by atoms with Gasteiger partial charge in [0.1, 0.15) is 5.82 Å². The highest BCUT2D eigenvalue weighted by molar-refractivity contribution is 6.06. The van der Waals surface area contributed by atoms with Crippen molar-refractivity contribution in [2.24, 2.45) is 5.92 Å². The second-order valence-corrected chi connectivity index (χ2v) is 5.99. The zero-order valence-corrected chi connectivity index (χ0v) is 11.7. The minimum absolute atomic E-state index is 0.0134. The van der Waals surface area contributed by atoms with Gasteiger partial charge in [0.15, 0.2) is 0 Å². The molecule has 0 aliphatic heterocycles. The van der Waals surface area contributed by atoms with E-state index in [-0.39, 0.29) is 11.1 Å². The average molecular weight is 270 g/mol. The molecule has 0 amide bonds. The van der Waals surface area contributed by atoms with E-state index >= 15 is 0 Å². The van der Waals surface area contributed by atoms with Crippen LogP contribution in [-0.2, 0) is 0 Å². The van der Waals surface area contributed by atoms with E-state index in [9.17, 15) is 9.90 Å². The van der Waals surface area contributed by atoms with E-state index in [0.717, 1.165) is 16.6 Å². The molecule has 1 aliphatic rings. The highest BCUT2D eigenvalue weighted by atomic mass is 16.4. The summed E-state index contributed by atoms with van der Waals surface area (Å²) in [6.07, 6.45) is 3.92. The molecule has 0 spiro atoms. The van der Waals surface area contributed by atoms with E-state index in [1.54, 1.807) is 0 Å². The van der Waals surface area contributed by atoms with E-state index in [0.29, 0.717) is 5.92 Å². The molecule has 1 aromatic carbocycles. The van der Waals surface area contributed by atoms with Crippen LogP contribution < -0.4 is 5.32 Å². The maximum absolute atomic E-state index is 11.3. The lowest BCUT2D eigenvalue weighted by atomic mass is 9.98. The standard InChI is InChI=1S/C16H18N2O2/c1-16(2,10-7-8-10)18-14-12-6-4-3-5-11(12)13(9-17-14)15(19)20/h3-6,9-10H,7-8H2,1-2H3,(H,17,18)(H,19,20). The van der Waals surface area contributed by atoms with Gasteiger partial charge in [0.2, 0.25) is 0 Å². The largest absolute Gasteiger partial charge is 0.478 e. The average Bonchev–Trinajstić information content (AvgIpc) is 3.23. The number of rotatable bonds is 4. The number of benzene rings is 1. The Morgan fingerprint density at radius 1 is 1.30 bits per heavy atom. The van der Waals surface area contributed by atoms with Gasteiger partial charge in [-0.15, -0.1) is 0 Å². The van der Waals surface area contributed by atoms with Crippen LogP contribution in [0.3, 0.4) is 0 Å². The van der Waals surface area contributed by atoms with Gasteiger partial charge in [0.05, 0.1) is 5.56 Å². The molecule has 1 aromatic heterocycles. The predicted octanol–water partition coefficient (Wildman–Crippen LogP) is 3.53. The van der Waals surface area contributed by atoms with E-state index in [1.807, 2.05) is 24.3 Å². The van der Waals surface area contributed by atoms with Crippen molar-refractivity contribution < 1.29 is 9.90 Å². The van der Waals surface area contributed by atoms with Gasteiger partial charge in [-0.2, -0.15) is 0 Å². The van der Waals surface area contributed by atoms with Crippen LogP contribution in [0.1, 0.15) is 37.0 Å². The zero-order chi connectivity index (χ0) is 14.3. The number of hydrogen-bond donors (Lipinski definition) is 2. The lowest BCUT2D eigenvalue weighted by Crippen LogP contribution is -2.33. The van der Waals surface area contributed by atoms with E-state index in [2.05, 4.69) is 24.1 Å². The first kappa shape index (κ1) is 12.9. The van der Waals surface area contributed by atoms with Crippen molar-refractivity contribution in [3.8, 4) is 0 Å². The van der Waals surface area contributed by atoms with Crippen molar-refractivity contribution in [1.82, 2.24) is 4.98 Å². The second-order valence-electron chi connectivity index (χ2n) is 5.99. The molecule has 0 unspecified atom stereocenters. The molecule has 0 bridgehead atoms. The molecule has 1 aliphatic carbocycles. The summed E-state index contributed by atoms with van der Waals surface area (Å²) in [6, 6.07) is 7.51. The van der Waals surface area contributed by atoms with Crippen LogP contribution in [-0.4, -0.2) is 21.6 Å². The Balaban J connectivity index is 2.08. The lowest BCUT2D eigenvalue weighted by Gasteiger charge is -2.27. The van der Waals surface area contributed by atoms with Crippen molar-refractivity contribution >= 4 is 22.6 Å². The first-order valence-corrected chi connectivity index (χ1v) is 6.88. The van der Waals surface area contributed by atoms with Crippen LogP contribution in [0.25, 0.3) is 10.8 Å². The fraction of sp³-hybridized carbons (Fsp3) is 0.375. The van der Waals surface area contributed by atoms with Crippen LogP contribution in [0.15, 0.2) is 30.5 Å². The molecular formula is C16H18N2O2. The van der Waals surface area contributed by atoms with Gasteiger partial charge >= 0.3 is 5.97 Å². The normalized spacial score (nSPS) is 15.3. The van der Waals surface area contributed by atoms with Crippen molar-refractivity contribution in [3.63, 3.8) is 0 Å². The van der Waals surface area contributed by atoms with E-state index in [4.69, 9.17) is 0 Å². The molecule has 2 aromatic rings. The monoisotopic (exact) mass is 270 g/mol. The van der Waals surface area contributed by atoms with Crippen molar-refractivity contribution in [2.75, 3.05) is 5.32 Å². The van der Waals surface area contributed by atoms with Crippen molar-refractivity contribution in [1.29, 1.82) is 0 Å². The molecule has 1 heterocycles. The third-order valence-electron chi connectivity index (χ3n) is 4.06. The summed E-state index contributed by atoms with van der Waals surface area (Å²) in [5.41, 5.74) is 0.232. The van der Waals surface area contributed by atoms with Crippen LogP contribution in [0, 0.1) is 5.92 Å². The number of carboxylic acids is 1. The summed E-state index contributed by atoms with van der Waals surface area (Å²) in [6.45, 7) is 4.35. The third-order valence-corrected chi connectivity index (χ3v) is 4.06. The first-order valence-electron chi connectivity index (χ1n) is 6.88. The number of pyridine rings is 1. The highest BCUT2D eigenvalue weighted by Gasteiger charge is 2.38. The van der Waals surface area contributed by atoms with Gasteiger partial charge in [-0.05, 0) is 32.6 Å². The van der Waals surface area contributed by atoms with Crippen LogP contribution in [0.5, 0.6) is 0 Å². The van der Waals surface area contributed by atoms with Crippen molar-refractivity contribution in [3.05, 3.63) is 36.0 Å². The maximum atomic E-state index is 11.3. The minimum atomic E-state index is -0.943. The first-order chi connectivity index (χ1) is 9.49. The molecule has 3 rings (SSSR count). The number of fused-ring (bicyclic) bond motifs is 1. The Labute approximate surface area is 117 Å². The second kappa shape index (κ2) is 4.47. The molecule has 1 saturated carbocycles. The van der Waals surface area contributed by atoms with E-state index in [1.165, 1.54) is 19.0 Å². The number of anilines is 1. The molecule has 104 valence electrons. The highest BCUT2D eigenvalue weighted by Crippen LogP contribution is 2.41. The Morgan fingerprint density at radius 2 is 1.95 bits per heavy atom. The third kappa shape index (κ3) is 2.22. The van der Waals surface area contributed by atoms with Gasteiger partial charge in [-0.25, -0.2) is 9.78 Å². The minimum Gasteiger partial charge on any atom is -0.478 e. The molecule has 0 radical (unpaired) electrons. The number of aromatic nitrogens is 1. The Morgan fingerprint density at radius 3 is 2.55 bits per heavy atom. The molecule has 4 nitrogen and oxygen atoms in total. The molecule has 20 heavy (non-hydrogen) atoms. The van der Waals surface area contributed by atoms with Crippen LogP contribution >= 0.6 is 0 Å². The van der Waals surface area contributed by atoms with Gasteiger partial charge in [0, 0.05) is 22.5 Å². The lowest BCUT2D eigenvalue weighted by molar-refractivity contribution is 0.0698. The SMILES string of the molecule is CC(C)(Nc1ncc(C(=O)O)c2ccccc12)C1CC1. The fourth-order valence-corrected chi connectivity index (χ4v) is 2.67. The van der Waals surface area contributed by atoms with Crippen molar-refractivity contribution in [2.45, 2.75) is 32.2 Å². The quantitative estimate of drug-likeness (QED) is 0.892. The van der Waals surface area contributed by atoms with Gasteiger partial charge < -0.3 is 10.4 Å². The number of nitrogens with zero attached hydrogens (tertiary/aromatic N) is 1. The molecule has 0 atom stereocenters. The molecule has 0 saturated heterocycles. The molecular weight excluding hydrogens is 252 g/mol. The number of carbonyl (C=O) groups is 1. The summed E-state index contributed by atoms with van der Waals surface area (Å²) in [5.74, 6) is 0.492. The Hall–Kier alpha value is -2.10. The number of carboxylic acid groups (broad SMARTS) is 1. The predicted molar refractivity (Wildman–Crippen MR) is 79.1 cm³/mol.